The molecule has 116 valence electrons. The summed E-state index contributed by atoms with van der Waals surface area (Å²) in [5.74, 6) is 0.789. The highest BCUT2D eigenvalue weighted by molar-refractivity contribution is 7.89. The molecular weight excluding hydrogens is 290 g/mol. The Kier molecular flexibility index (Phi) is 4.20. The summed E-state index contributed by atoms with van der Waals surface area (Å²) in [6, 6.07) is 2.01. The van der Waals surface area contributed by atoms with Crippen molar-refractivity contribution < 1.29 is 8.42 Å². The fourth-order valence-electron chi connectivity index (χ4n) is 2.20. The summed E-state index contributed by atoms with van der Waals surface area (Å²) in [5.41, 5.74) is 2.00. The van der Waals surface area contributed by atoms with Crippen LogP contribution in [-0.4, -0.2) is 27.7 Å². The number of primary sulfonamides is 1. The second kappa shape index (κ2) is 5.61. The van der Waals surface area contributed by atoms with Crippen LogP contribution in [0.5, 0.6) is 0 Å². The van der Waals surface area contributed by atoms with Crippen molar-refractivity contribution in [3.8, 4) is 0 Å². The summed E-state index contributed by atoms with van der Waals surface area (Å²) >= 11 is 0. The molecule has 0 aliphatic heterocycles. The number of aromatic nitrogens is 4. The molecule has 8 heteroatoms. The van der Waals surface area contributed by atoms with Crippen LogP contribution in [0.15, 0.2) is 17.3 Å². The van der Waals surface area contributed by atoms with Gasteiger partial charge in [-0.2, -0.15) is 5.10 Å². The molecule has 0 fully saturated rings. The smallest absolute Gasteiger partial charge is 0.257 e. The highest BCUT2D eigenvalue weighted by atomic mass is 32.2. The van der Waals surface area contributed by atoms with E-state index in [-0.39, 0.29) is 10.9 Å². The Balaban J connectivity index is 2.43. The van der Waals surface area contributed by atoms with Crippen LogP contribution < -0.4 is 5.14 Å². The summed E-state index contributed by atoms with van der Waals surface area (Å²) in [4.78, 5) is 4.15. The van der Waals surface area contributed by atoms with Crippen LogP contribution in [-0.2, 0) is 30.0 Å². The van der Waals surface area contributed by atoms with E-state index in [9.17, 15) is 8.42 Å². The lowest BCUT2D eigenvalue weighted by Crippen LogP contribution is -2.12. The Labute approximate surface area is 124 Å². The number of aryl methyl sites for hydroxylation is 2. The maximum atomic E-state index is 11.5. The van der Waals surface area contributed by atoms with Crippen molar-refractivity contribution in [1.82, 2.24) is 19.3 Å². The predicted molar refractivity (Wildman–Crippen MR) is 79.4 cm³/mol. The third-order valence-electron chi connectivity index (χ3n) is 3.32. The number of nitrogens with two attached hydrogens (primary N) is 1. The molecule has 2 heterocycles. The average Bonchev–Trinajstić information content (AvgIpc) is 2.94. The monoisotopic (exact) mass is 311 g/mol. The van der Waals surface area contributed by atoms with Crippen LogP contribution in [0.2, 0.25) is 0 Å². The SMILES string of the molecule is CCc1cc(Cn2cc(S(N)(=O)=O)nc2C(C)C)n(C)n1. The van der Waals surface area contributed by atoms with E-state index in [4.69, 9.17) is 5.14 Å². The molecule has 2 aromatic heterocycles. The normalized spacial score (nSPS) is 12.3. The largest absolute Gasteiger partial charge is 0.327 e. The number of imidazole rings is 1. The minimum Gasteiger partial charge on any atom is -0.327 e. The zero-order valence-corrected chi connectivity index (χ0v) is 13.6. The Morgan fingerprint density at radius 3 is 2.52 bits per heavy atom. The molecule has 21 heavy (non-hydrogen) atoms. The van der Waals surface area contributed by atoms with Gasteiger partial charge in [0.15, 0.2) is 5.03 Å². The number of hydrogen-bond donors (Lipinski definition) is 1. The van der Waals surface area contributed by atoms with Crippen LogP contribution in [0.1, 0.15) is 43.9 Å². The molecule has 0 radical (unpaired) electrons. The van der Waals surface area contributed by atoms with Gasteiger partial charge in [0.2, 0.25) is 0 Å². The van der Waals surface area contributed by atoms with E-state index in [1.807, 2.05) is 38.5 Å². The topological polar surface area (TPSA) is 95.8 Å². The van der Waals surface area contributed by atoms with Gasteiger partial charge in [-0.1, -0.05) is 20.8 Å². The molecule has 2 aromatic rings. The molecule has 0 saturated carbocycles. The second-order valence-electron chi connectivity index (χ2n) is 5.37. The first-order valence-corrected chi connectivity index (χ1v) is 8.38. The molecule has 0 amide bonds. The molecule has 0 atom stereocenters. The lowest BCUT2D eigenvalue weighted by molar-refractivity contribution is 0.594. The second-order valence-corrected chi connectivity index (χ2v) is 6.88. The quantitative estimate of drug-likeness (QED) is 0.891. The van der Waals surface area contributed by atoms with Gasteiger partial charge >= 0.3 is 0 Å². The number of hydrogen-bond acceptors (Lipinski definition) is 4. The van der Waals surface area contributed by atoms with Gasteiger partial charge in [-0.15, -0.1) is 0 Å². The Morgan fingerprint density at radius 1 is 1.38 bits per heavy atom. The Morgan fingerprint density at radius 2 is 2.05 bits per heavy atom. The average molecular weight is 311 g/mol. The van der Waals surface area contributed by atoms with Crippen LogP contribution in [0.4, 0.5) is 0 Å². The molecule has 0 bridgehead atoms. The van der Waals surface area contributed by atoms with E-state index in [0.29, 0.717) is 12.4 Å². The molecule has 0 unspecified atom stereocenters. The van der Waals surface area contributed by atoms with Crippen LogP contribution in [0.25, 0.3) is 0 Å². The van der Waals surface area contributed by atoms with Crippen molar-refractivity contribution in [3.63, 3.8) is 0 Å². The lowest BCUT2D eigenvalue weighted by Gasteiger charge is -2.09. The van der Waals surface area contributed by atoms with Crippen molar-refractivity contribution in [2.24, 2.45) is 12.2 Å². The van der Waals surface area contributed by atoms with Gasteiger partial charge in [0.1, 0.15) is 5.82 Å². The summed E-state index contributed by atoms with van der Waals surface area (Å²) in [6.07, 6.45) is 2.35. The Hall–Kier alpha value is -1.67. The molecule has 7 nitrogen and oxygen atoms in total. The van der Waals surface area contributed by atoms with Gasteiger partial charge < -0.3 is 4.57 Å². The lowest BCUT2D eigenvalue weighted by atomic mass is 10.2. The van der Waals surface area contributed by atoms with E-state index in [1.165, 1.54) is 6.20 Å². The summed E-state index contributed by atoms with van der Waals surface area (Å²) < 4.78 is 26.6. The molecule has 0 aromatic carbocycles. The van der Waals surface area contributed by atoms with Gasteiger partial charge in [-0.25, -0.2) is 18.5 Å². The predicted octanol–water partition coefficient (Wildman–Crippen LogP) is 0.998. The van der Waals surface area contributed by atoms with E-state index >= 15 is 0 Å². The fourth-order valence-corrected chi connectivity index (χ4v) is 2.69. The molecule has 2 N–H and O–H groups in total. The fraction of sp³-hybridized carbons (Fsp3) is 0.538. The molecule has 0 saturated heterocycles. The third kappa shape index (κ3) is 3.33. The van der Waals surface area contributed by atoms with Crippen LogP contribution in [0, 0.1) is 0 Å². The number of sulfonamides is 1. The van der Waals surface area contributed by atoms with Crippen molar-refractivity contribution in [2.75, 3.05) is 0 Å². The highest BCUT2D eigenvalue weighted by Gasteiger charge is 2.19. The number of rotatable bonds is 5. The van der Waals surface area contributed by atoms with Crippen LogP contribution in [0.3, 0.4) is 0 Å². The van der Waals surface area contributed by atoms with Crippen LogP contribution >= 0.6 is 0 Å². The first-order valence-electron chi connectivity index (χ1n) is 6.84. The van der Waals surface area contributed by atoms with Crippen molar-refractivity contribution in [3.05, 3.63) is 29.5 Å². The van der Waals surface area contributed by atoms with Crippen molar-refractivity contribution in [1.29, 1.82) is 0 Å². The summed E-state index contributed by atoms with van der Waals surface area (Å²) in [5, 5.41) is 9.47. The first kappa shape index (κ1) is 15.7. The van der Waals surface area contributed by atoms with Gasteiger partial charge in [-0.05, 0) is 12.5 Å². The first-order chi connectivity index (χ1) is 9.72. The zero-order valence-electron chi connectivity index (χ0n) is 12.7. The van der Waals surface area contributed by atoms with Gasteiger partial charge in [0.05, 0.1) is 17.9 Å². The molecule has 0 aliphatic rings. The van der Waals surface area contributed by atoms with Crippen molar-refractivity contribution in [2.45, 2.75) is 44.7 Å². The van der Waals surface area contributed by atoms with E-state index < -0.39 is 10.0 Å². The highest BCUT2D eigenvalue weighted by Crippen LogP contribution is 2.18. The third-order valence-corrected chi connectivity index (χ3v) is 4.09. The zero-order chi connectivity index (χ0) is 15.8. The van der Waals surface area contributed by atoms with Crippen molar-refractivity contribution >= 4 is 10.0 Å². The maximum Gasteiger partial charge on any atom is 0.257 e. The maximum absolute atomic E-state index is 11.5. The molecule has 0 aliphatic carbocycles. The number of nitrogens with zero attached hydrogens (tertiary/aromatic N) is 4. The van der Waals surface area contributed by atoms with Gasteiger partial charge in [0, 0.05) is 19.2 Å². The Bertz CT molecular complexity index is 743. The molecular formula is C13H21N5O2S. The molecule has 0 spiro atoms. The molecule has 2 rings (SSSR count). The van der Waals surface area contributed by atoms with E-state index in [0.717, 1.165) is 17.8 Å². The minimum absolute atomic E-state index is 0.0934. The van der Waals surface area contributed by atoms with Gasteiger partial charge in [0.25, 0.3) is 10.0 Å². The van der Waals surface area contributed by atoms with E-state index in [1.54, 1.807) is 4.68 Å². The van der Waals surface area contributed by atoms with Gasteiger partial charge in [-0.3, -0.25) is 4.68 Å². The minimum atomic E-state index is -3.79. The standard InChI is InChI=1S/C13H21N5O2S/c1-5-10-6-11(17(4)16-10)7-18-8-12(21(14,19)20)15-13(18)9(2)3/h6,8-9H,5,7H2,1-4H3,(H2,14,19,20). The summed E-state index contributed by atoms with van der Waals surface area (Å²) in [6.45, 7) is 6.49. The van der Waals surface area contributed by atoms with E-state index in [2.05, 4.69) is 10.1 Å². The summed E-state index contributed by atoms with van der Waals surface area (Å²) in [7, 11) is -1.92.